The highest BCUT2D eigenvalue weighted by atomic mass is 19.2. The molecule has 112 valence electrons. The molecule has 0 radical (unpaired) electrons. The molecule has 0 fully saturated rings. The molecular weight excluding hydrogens is 272 g/mol. The van der Waals surface area contributed by atoms with Gasteiger partial charge in [-0.3, -0.25) is 0 Å². The van der Waals surface area contributed by atoms with Crippen LogP contribution in [-0.4, -0.2) is 6.54 Å². The van der Waals surface area contributed by atoms with Crippen LogP contribution in [0.25, 0.3) is 0 Å². The summed E-state index contributed by atoms with van der Waals surface area (Å²) in [4.78, 5) is 0. The second kappa shape index (κ2) is 7.74. The lowest BCUT2D eigenvalue weighted by Crippen LogP contribution is -2.15. The Morgan fingerprint density at radius 2 is 1.76 bits per heavy atom. The molecule has 0 unspecified atom stereocenters. The molecule has 0 aliphatic rings. The lowest BCUT2D eigenvalue weighted by atomic mass is 10.1. The summed E-state index contributed by atoms with van der Waals surface area (Å²) in [6.45, 7) is 3.99. The van der Waals surface area contributed by atoms with Gasteiger partial charge in [0.05, 0.1) is 0 Å². The summed E-state index contributed by atoms with van der Waals surface area (Å²) >= 11 is 0. The van der Waals surface area contributed by atoms with Crippen molar-refractivity contribution >= 4 is 0 Å². The Hall–Kier alpha value is -1.94. The molecule has 0 aliphatic heterocycles. The number of nitrogens with one attached hydrogen (secondary N) is 1. The van der Waals surface area contributed by atoms with Crippen LogP contribution >= 0.6 is 0 Å². The number of halogens is 2. The van der Waals surface area contributed by atoms with Gasteiger partial charge < -0.3 is 10.1 Å². The van der Waals surface area contributed by atoms with Gasteiger partial charge in [-0.25, -0.2) is 4.39 Å². The van der Waals surface area contributed by atoms with Crippen molar-refractivity contribution in [1.82, 2.24) is 5.32 Å². The molecule has 1 N–H and O–H groups in total. The second-order valence-corrected chi connectivity index (χ2v) is 4.79. The third kappa shape index (κ3) is 4.26. The fourth-order valence-corrected chi connectivity index (χ4v) is 2.02. The number of rotatable bonds is 7. The van der Waals surface area contributed by atoms with Crippen LogP contribution in [0.4, 0.5) is 8.78 Å². The molecule has 0 saturated heterocycles. The smallest absolute Gasteiger partial charge is 0.200 e. The lowest BCUT2D eigenvalue weighted by Gasteiger charge is -2.12. The molecule has 0 spiro atoms. The van der Waals surface area contributed by atoms with Crippen LogP contribution < -0.4 is 10.1 Å². The Balaban J connectivity index is 2.04. The van der Waals surface area contributed by atoms with Gasteiger partial charge in [0, 0.05) is 6.54 Å². The van der Waals surface area contributed by atoms with E-state index >= 15 is 0 Å². The zero-order valence-electron chi connectivity index (χ0n) is 12.0. The van der Waals surface area contributed by atoms with E-state index in [-0.39, 0.29) is 12.4 Å². The zero-order valence-corrected chi connectivity index (χ0v) is 12.0. The number of benzene rings is 2. The average molecular weight is 291 g/mol. The van der Waals surface area contributed by atoms with Crippen molar-refractivity contribution < 1.29 is 13.5 Å². The van der Waals surface area contributed by atoms with Gasteiger partial charge in [-0.2, -0.15) is 4.39 Å². The minimum absolute atomic E-state index is 0.0636. The SMILES string of the molecule is CCCNCc1ccccc1COc1cccc(F)c1F. The molecule has 21 heavy (non-hydrogen) atoms. The monoisotopic (exact) mass is 291 g/mol. The summed E-state index contributed by atoms with van der Waals surface area (Å²) < 4.78 is 32.1. The molecule has 0 amide bonds. The minimum atomic E-state index is -0.945. The normalized spacial score (nSPS) is 10.6. The van der Waals surface area contributed by atoms with Crippen molar-refractivity contribution in [2.75, 3.05) is 6.54 Å². The first kappa shape index (κ1) is 15.4. The van der Waals surface area contributed by atoms with Gasteiger partial charge >= 0.3 is 0 Å². The third-order valence-corrected chi connectivity index (χ3v) is 3.16. The lowest BCUT2D eigenvalue weighted by molar-refractivity contribution is 0.283. The van der Waals surface area contributed by atoms with Crippen LogP contribution in [0.15, 0.2) is 42.5 Å². The van der Waals surface area contributed by atoms with E-state index in [0.29, 0.717) is 0 Å². The van der Waals surface area contributed by atoms with E-state index in [1.165, 1.54) is 12.1 Å². The fraction of sp³-hybridized carbons (Fsp3) is 0.294. The molecule has 2 nitrogen and oxygen atoms in total. The standard InChI is InChI=1S/C17H19F2NO/c1-2-10-20-11-13-6-3-4-7-14(13)12-21-16-9-5-8-15(18)17(16)19/h3-9,20H,2,10-12H2,1H3. The van der Waals surface area contributed by atoms with Crippen molar-refractivity contribution in [3.05, 3.63) is 65.2 Å². The highest BCUT2D eigenvalue weighted by molar-refractivity contribution is 5.29. The van der Waals surface area contributed by atoms with E-state index < -0.39 is 11.6 Å². The Bertz CT molecular complexity index is 587. The van der Waals surface area contributed by atoms with Crippen molar-refractivity contribution in [2.45, 2.75) is 26.5 Å². The van der Waals surface area contributed by atoms with Gasteiger partial charge in [0.2, 0.25) is 5.82 Å². The van der Waals surface area contributed by atoms with Gasteiger partial charge in [-0.1, -0.05) is 37.3 Å². The van der Waals surface area contributed by atoms with Gasteiger partial charge in [0.1, 0.15) is 6.61 Å². The van der Waals surface area contributed by atoms with Crippen LogP contribution in [0, 0.1) is 11.6 Å². The summed E-state index contributed by atoms with van der Waals surface area (Å²) in [7, 11) is 0. The first-order chi connectivity index (χ1) is 10.2. The maximum Gasteiger partial charge on any atom is 0.200 e. The second-order valence-electron chi connectivity index (χ2n) is 4.79. The van der Waals surface area contributed by atoms with E-state index in [2.05, 4.69) is 12.2 Å². The van der Waals surface area contributed by atoms with Crippen LogP contribution in [0.1, 0.15) is 24.5 Å². The summed E-state index contributed by atoms with van der Waals surface area (Å²) in [6, 6.07) is 11.7. The largest absolute Gasteiger partial charge is 0.486 e. The predicted molar refractivity (Wildman–Crippen MR) is 79.1 cm³/mol. The molecule has 0 saturated carbocycles. The van der Waals surface area contributed by atoms with Gasteiger partial charge in [-0.15, -0.1) is 0 Å². The Morgan fingerprint density at radius 1 is 1.00 bits per heavy atom. The maximum absolute atomic E-state index is 13.5. The molecular formula is C17H19F2NO. The van der Waals surface area contributed by atoms with Crippen molar-refractivity contribution in [3.8, 4) is 5.75 Å². The highest BCUT2D eigenvalue weighted by Crippen LogP contribution is 2.21. The van der Waals surface area contributed by atoms with Gasteiger partial charge in [0.25, 0.3) is 0 Å². The predicted octanol–water partition coefficient (Wildman–Crippen LogP) is 4.04. The number of ether oxygens (including phenoxy) is 1. The van der Waals surface area contributed by atoms with Crippen LogP contribution in [0.3, 0.4) is 0 Å². The minimum Gasteiger partial charge on any atom is -0.486 e. The molecule has 4 heteroatoms. The molecule has 2 rings (SSSR count). The molecule has 0 aromatic heterocycles. The van der Waals surface area contributed by atoms with Gasteiger partial charge in [-0.05, 0) is 36.2 Å². The molecule has 0 heterocycles. The summed E-state index contributed by atoms with van der Waals surface area (Å²) in [5, 5.41) is 3.32. The molecule has 0 atom stereocenters. The van der Waals surface area contributed by atoms with E-state index in [1.54, 1.807) is 0 Å². The van der Waals surface area contributed by atoms with E-state index in [1.807, 2.05) is 24.3 Å². The first-order valence-electron chi connectivity index (χ1n) is 7.06. The Morgan fingerprint density at radius 3 is 2.52 bits per heavy atom. The third-order valence-electron chi connectivity index (χ3n) is 3.16. The Kier molecular flexibility index (Phi) is 5.69. The Labute approximate surface area is 123 Å². The topological polar surface area (TPSA) is 21.3 Å². The summed E-state index contributed by atoms with van der Waals surface area (Å²) in [6.07, 6.45) is 1.06. The van der Waals surface area contributed by atoms with E-state index in [4.69, 9.17) is 4.74 Å². The van der Waals surface area contributed by atoms with Crippen LogP contribution in [-0.2, 0) is 13.2 Å². The van der Waals surface area contributed by atoms with Crippen molar-refractivity contribution in [2.24, 2.45) is 0 Å². The van der Waals surface area contributed by atoms with Crippen molar-refractivity contribution in [1.29, 1.82) is 0 Å². The fourth-order valence-electron chi connectivity index (χ4n) is 2.02. The summed E-state index contributed by atoms with van der Waals surface area (Å²) in [5.41, 5.74) is 2.06. The van der Waals surface area contributed by atoms with Crippen molar-refractivity contribution in [3.63, 3.8) is 0 Å². The zero-order chi connectivity index (χ0) is 15.1. The number of hydrogen-bond acceptors (Lipinski definition) is 2. The maximum atomic E-state index is 13.5. The number of hydrogen-bond donors (Lipinski definition) is 1. The highest BCUT2D eigenvalue weighted by Gasteiger charge is 2.09. The van der Waals surface area contributed by atoms with E-state index in [0.717, 1.165) is 36.7 Å². The van der Waals surface area contributed by atoms with Crippen LogP contribution in [0.5, 0.6) is 5.75 Å². The molecule has 0 aliphatic carbocycles. The first-order valence-corrected chi connectivity index (χ1v) is 7.06. The van der Waals surface area contributed by atoms with E-state index in [9.17, 15) is 8.78 Å². The molecule has 2 aromatic rings. The average Bonchev–Trinajstić information content (AvgIpc) is 2.50. The van der Waals surface area contributed by atoms with Crippen LogP contribution in [0.2, 0.25) is 0 Å². The molecule has 0 bridgehead atoms. The quantitative estimate of drug-likeness (QED) is 0.777. The molecule has 2 aromatic carbocycles. The summed E-state index contributed by atoms with van der Waals surface area (Å²) in [5.74, 6) is -1.91. The van der Waals surface area contributed by atoms with Gasteiger partial charge in [0.15, 0.2) is 11.6 Å².